The van der Waals surface area contributed by atoms with Gasteiger partial charge in [0, 0.05) is 18.3 Å². The molecular formula is C11H20N4S. The van der Waals surface area contributed by atoms with Gasteiger partial charge in [0.25, 0.3) is 0 Å². The van der Waals surface area contributed by atoms with E-state index in [2.05, 4.69) is 34.2 Å². The molecule has 5 heteroatoms. The SMILES string of the molecule is Cc1nnc(CNCC2(C)CCCS2)n1C. The van der Waals surface area contributed by atoms with Gasteiger partial charge in [-0.2, -0.15) is 11.8 Å². The summed E-state index contributed by atoms with van der Waals surface area (Å²) in [7, 11) is 2.01. The van der Waals surface area contributed by atoms with Gasteiger partial charge in [0.2, 0.25) is 0 Å². The van der Waals surface area contributed by atoms with Gasteiger partial charge < -0.3 is 9.88 Å². The first-order chi connectivity index (χ1) is 7.61. The van der Waals surface area contributed by atoms with E-state index < -0.39 is 0 Å². The number of hydrogen-bond donors (Lipinski definition) is 1. The first-order valence-electron chi connectivity index (χ1n) is 5.80. The number of aryl methyl sites for hydroxylation is 1. The zero-order valence-electron chi connectivity index (χ0n) is 10.3. The van der Waals surface area contributed by atoms with Gasteiger partial charge in [-0.1, -0.05) is 0 Å². The van der Waals surface area contributed by atoms with E-state index in [1.54, 1.807) is 0 Å². The number of nitrogens with zero attached hydrogens (tertiary/aromatic N) is 3. The number of hydrogen-bond acceptors (Lipinski definition) is 4. The summed E-state index contributed by atoms with van der Waals surface area (Å²) >= 11 is 2.08. The Balaban J connectivity index is 1.82. The summed E-state index contributed by atoms with van der Waals surface area (Å²) in [6, 6.07) is 0. The Morgan fingerprint density at radius 3 is 2.88 bits per heavy atom. The predicted molar refractivity (Wildman–Crippen MR) is 67.5 cm³/mol. The molecule has 1 N–H and O–H groups in total. The normalized spacial score (nSPS) is 25.2. The zero-order valence-corrected chi connectivity index (χ0v) is 11.1. The zero-order chi connectivity index (χ0) is 11.6. The van der Waals surface area contributed by atoms with Crippen molar-refractivity contribution in [1.29, 1.82) is 0 Å². The molecule has 4 nitrogen and oxygen atoms in total. The first-order valence-corrected chi connectivity index (χ1v) is 6.79. The van der Waals surface area contributed by atoms with Crippen LogP contribution in [0.4, 0.5) is 0 Å². The largest absolute Gasteiger partial charge is 0.317 e. The van der Waals surface area contributed by atoms with Crippen molar-refractivity contribution in [2.24, 2.45) is 7.05 Å². The molecule has 2 rings (SSSR count). The quantitative estimate of drug-likeness (QED) is 0.866. The summed E-state index contributed by atoms with van der Waals surface area (Å²) in [6.45, 7) is 6.20. The van der Waals surface area contributed by atoms with Crippen LogP contribution in [0.5, 0.6) is 0 Å². The fourth-order valence-electron chi connectivity index (χ4n) is 2.02. The van der Waals surface area contributed by atoms with Crippen LogP contribution in [-0.2, 0) is 13.6 Å². The van der Waals surface area contributed by atoms with E-state index in [1.807, 2.05) is 18.5 Å². The van der Waals surface area contributed by atoms with Crippen LogP contribution in [-0.4, -0.2) is 31.8 Å². The number of nitrogens with one attached hydrogen (secondary N) is 1. The minimum Gasteiger partial charge on any atom is -0.317 e. The standard InChI is InChI=1S/C11H20N4S/c1-9-13-14-10(15(9)3)7-12-8-11(2)5-4-6-16-11/h12H,4-8H2,1-3H3. The minimum atomic E-state index is 0.424. The third-order valence-corrected chi connectivity index (χ3v) is 4.80. The highest BCUT2D eigenvalue weighted by Gasteiger charge is 2.28. The van der Waals surface area contributed by atoms with Gasteiger partial charge in [0.1, 0.15) is 11.6 Å². The van der Waals surface area contributed by atoms with Crippen LogP contribution in [0.3, 0.4) is 0 Å². The van der Waals surface area contributed by atoms with Crippen molar-refractivity contribution >= 4 is 11.8 Å². The topological polar surface area (TPSA) is 42.7 Å². The van der Waals surface area contributed by atoms with Crippen molar-refractivity contribution in [3.05, 3.63) is 11.6 Å². The molecule has 0 aromatic carbocycles. The van der Waals surface area contributed by atoms with Crippen molar-refractivity contribution in [2.75, 3.05) is 12.3 Å². The van der Waals surface area contributed by atoms with E-state index in [0.717, 1.165) is 24.7 Å². The lowest BCUT2D eigenvalue weighted by Crippen LogP contribution is -2.33. The van der Waals surface area contributed by atoms with Gasteiger partial charge in [-0.05, 0) is 32.4 Å². The lowest BCUT2D eigenvalue weighted by molar-refractivity contribution is 0.524. The van der Waals surface area contributed by atoms with Gasteiger partial charge in [0.15, 0.2) is 0 Å². The second-order valence-corrected chi connectivity index (χ2v) is 6.41. The van der Waals surface area contributed by atoms with E-state index >= 15 is 0 Å². The Labute approximate surface area is 101 Å². The molecule has 0 radical (unpaired) electrons. The lowest BCUT2D eigenvalue weighted by atomic mass is 10.1. The molecule has 0 amide bonds. The van der Waals surface area contributed by atoms with E-state index in [0.29, 0.717) is 4.75 Å². The average molecular weight is 240 g/mol. The van der Waals surface area contributed by atoms with Crippen LogP contribution in [0.15, 0.2) is 0 Å². The molecule has 1 atom stereocenters. The fourth-order valence-corrected chi connectivity index (χ4v) is 3.29. The Bertz CT molecular complexity index is 355. The molecular weight excluding hydrogens is 220 g/mol. The molecule has 1 aliphatic rings. The van der Waals surface area contributed by atoms with Crippen LogP contribution in [0.25, 0.3) is 0 Å². The first kappa shape index (κ1) is 11.9. The Morgan fingerprint density at radius 1 is 1.50 bits per heavy atom. The highest BCUT2D eigenvalue weighted by atomic mass is 32.2. The molecule has 0 saturated carbocycles. The van der Waals surface area contributed by atoms with Crippen LogP contribution in [0.2, 0.25) is 0 Å². The molecule has 1 fully saturated rings. The molecule has 90 valence electrons. The molecule has 0 aliphatic carbocycles. The third kappa shape index (κ3) is 2.58. The van der Waals surface area contributed by atoms with Crippen molar-refractivity contribution < 1.29 is 0 Å². The maximum Gasteiger partial charge on any atom is 0.146 e. The van der Waals surface area contributed by atoms with E-state index in [1.165, 1.54) is 18.6 Å². The smallest absolute Gasteiger partial charge is 0.146 e. The second-order valence-electron chi connectivity index (χ2n) is 4.73. The van der Waals surface area contributed by atoms with Crippen LogP contribution in [0.1, 0.15) is 31.4 Å². The van der Waals surface area contributed by atoms with E-state index in [-0.39, 0.29) is 0 Å². The molecule has 16 heavy (non-hydrogen) atoms. The Morgan fingerprint density at radius 2 is 2.31 bits per heavy atom. The molecule has 0 bridgehead atoms. The van der Waals surface area contributed by atoms with Gasteiger partial charge in [-0.3, -0.25) is 0 Å². The van der Waals surface area contributed by atoms with Gasteiger partial charge in [0.05, 0.1) is 6.54 Å². The van der Waals surface area contributed by atoms with Gasteiger partial charge in [-0.15, -0.1) is 10.2 Å². The predicted octanol–water partition coefficient (Wildman–Crippen LogP) is 1.50. The number of thioether (sulfide) groups is 1. The van der Waals surface area contributed by atoms with Crippen LogP contribution >= 0.6 is 11.8 Å². The molecule has 1 saturated heterocycles. The van der Waals surface area contributed by atoms with Crippen LogP contribution in [0, 0.1) is 6.92 Å². The summed E-state index contributed by atoms with van der Waals surface area (Å²) in [4.78, 5) is 0. The van der Waals surface area contributed by atoms with Crippen molar-refractivity contribution in [3.8, 4) is 0 Å². The second kappa shape index (κ2) is 4.75. The highest BCUT2D eigenvalue weighted by Crippen LogP contribution is 2.36. The number of aromatic nitrogens is 3. The average Bonchev–Trinajstić information content (AvgIpc) is 2.80. The Hall–Kier alpha value is -0.550. The molecule has 1 unspecified atom stereocenters. The maximum absolute atomic E-state index is 4.15. The third-order valence-electron chi connectivity index (χ3n) is 3.27. The fraction of sp³-hybridized carbons (Fsp3) is 0.818. The summed E-state index contributed by atoms with van der Waals surface area (Å²) in [5.74, 6) is 3.30. The van der Waals surface area contributed by atoms with Gasteiger partial charge in [-0.25, -0.2) is 0 Å². The summed E-state index contributed by atoms with van der Waals surface area (Å²) in [5.41, 5.74) is 0. The van der Waals surface area contributed by atoms with Crippen LogP contribution < -0.4 is 5.32 Å². The van der Waals surface area contributed by atoms with E-state index in [9.17, 15) is 0 Å². The molecule has 1 aromatic rings. The molecule has 1 aliphatic heterocycles. The summed E-state index contributed by atoms with van der Waals surface area (Å²) in [5, 5.41) is 11.7. The Kier molecular flexibility index (Phi) is 3.54. The van der Waals surface area contributed by atoms with Crippen molar-refractivity contribution in [3.63, 3.8) is 0 Å². The molecule has 0 spiro atoms. The van der Waals surface area contributed by atoms with Crippen molar-refractivity contribution in [1.82, 2.24) is 20.1 Å². The molecule has 2 heterocycles. The molecule has 1 aromatic heterocycles. The van der Waals surface area contributed by atoms with Crippen molar-refractivity contribution in [2.45, 2.75) is 38.0 Å². The summed E-state index contributed by atoms with van der Waals surface area (Å²) in [6.07, 6.45) is 2.68. The number of rotatable bonds is 4. The monoisotopic (exact) mass is 240 g/mol. The highest BCUT2D eigenvalue weighted by molar-refractivity contribution is 8.00. The summed E-state index contributed by atoms with van der Waals surface area (Å²) < 4.78 is 2.46. The van der Waals surface area contributed by atoms with E-state index in [4.69, 9.17) is 0 Å². The lowest BCUT2D eigenvalue weighted by Gasteiger charge is -2.22. The minimum absolute atomic E-state index is 0.424. The maximum atomic E-state index is 4.15. The van der Waals surface area contributed by atoms with Gasteiger partial charge >= 0.3 is 0 Å².